The molecule has 2 aliphatic rings. The van der Waals surface area contributed by atoms with Crippen molar-refractivity contribution in [1.29, 1.82) is 0 Å². The lowest BCUT2D eigenvalue weighted by Crippen LogP contribution is -2.45. The van der Waals surface area contributed by atoms with Crippen LogP contribution >= 0.6 is 11.8 Å². The Morgan fingerprint density at radius 3 is 2.61 bits per heavy atom. The van der Waals surface area contributed by atoms with E-state index in [4.69, 9.17) is 0 Å². The predicted octanol–water partition coefficient (Wildman–Crippen LogP) is 2.16. The highest BCUT2D eigenvalue weighted by molar-refractivity contribution is 8.18. The number of piperazine rings is 1. The van der Waals surface area contributed by atoms with Crippen LogP contribution in [0.15, 0.2) is 34.2 Å². The van der Waals surface area contributed by atoms with E-state index in [9.17, 15) is 13.6 Å². The number of benzene rings is 1. The minimum absolute atomic E-state index is 0.0882. The molecule has 2 aliphatic heterocycles. The molecular formula is C15H15F2N3O2S. The summed E-state index contributed by atoms with van der Waals surface area (Å²) >= 11 is 1.34. The maximum absolute atomic E-state index is 12.1. The molecule has 23 heavy (non-hydrogen) atoms. The van der Waals surface area contributed by atoms with Crippen molar-refractivity contribution in [3.63, 3.8) is 0 Å². The van der Waals surface area contributed by atoms with Gasteiger partial charge in [0.2, 0.25) is 0 Å². The van der Waals surface area contributed by atoms with Gasteiger partial charge in [-0.15, -0.1) is 0 Å². The summed E-state index contributed by atoms with van der Waals surface area (Å²) < 4.78 is 28.5. The number of amides is 1. The third kappa shape index (κ3) is 4.08. The summed E-state index contributed by atoms with van der Waals surface area (Å²) in [7, 11) is 0. The second-order valence-electron chi connectivity index (χ2n) is 4.99. The van der Waals surface area contributed by atoms with E-state index in [2.05, 4.69) is 19.9 Å². The Bertz CT molecular complexity index is 641. The zero-order valence-electron chi connectivity index (χ0n) is 12.2. The van der Waals surface area contributed by atoms with Crippen molar-refractivity contribution < 1.29 is 18.3 Å². The number of aliphatic imine (C=N–C) groups is 1. The first-order chi connectivity index (χ1) is 11.1. The number of hydrogen-bond donors (Lipinski definition) is 1. The zero-order valence-corrected chi connectivity index (χ0v) is 13.0. The monoisotopic (exact) mass is 339 g/mol. The van der Waals surface area contributed by atoms with Gasteiger partial charge in [-0.1, -0.05) is 12.1 Å². The molecule has 8 heteroatoms. The van der Waals surface area contributed by atoms with Gasteiger partial charge in [-0.05, 0) is 35.5 Å². The highest BCUT2D eigenvalue weighted by atomic mass is 32.2. The summed E-state index contributed by atoms with van der Waals surface area (Å²) in [5.74, 6) is -0.179. The summed E-state index contributed by atoms with van der Waals surface area (Å²) in [6.45, 7) is 0.552. The maximum Gasteiger partial charge on any atom is 0.387 e. The smallest absolute Gasteiger partial charge is 0.387 e. The van der Waals surface area contributed by atoms with Gasteiger partial charge in [-0.3, -0.25) is 4.79 Å². The van der Waals surface area contributed by atoms with E-state index in [1.807, 2.05) is 0 Å². The predicted molar refractivity (Wildman–Crippen MR) is 85.5 cm³/mol. The second kappa shape index (κ2) is 7.10. The molecule has 122 valence electrons. The first-order valence-electron chi connectivity index (χ1n) is 7.15. The number of carbonyl (C=O) groups is 1. The Kier molecular flexibility index (Phi) is 4.92. The molecule has 0 unspecified atom stereocenters. The number of alkyl halides is 2. The minimum Gasteiger partial charge on any atom is -0.435 e. The summed E-state index contributed by atoms with van der Waals surface area (Å²) in [5, 5.41) is 3.97. The van der Waals surface area contributed by atoms with Gasteiger partial charge in [0.05, 0.1) is 4.91 Å². The fraction of sp³-hybridized carbons (Fsp3) is 0.333. The fourth-order valence-electron chi connectivity index (χ4n) is 2.29. The number of nitrogens with zero attached hydrogens (tertiary/aromatic N) is 2. The van der Waals surface area contributed by atoms with Crippen LogP contribution in [-0.2, 0) is 4.79 Å². The van der Waals surface area contributed by atoms with Crippen molar-refractivity contribution in [2.45, 2.75) is 6.61 Å². The number of halogens is 2. The molecule has 2 heterocycles. The molecule has 0 aliphatic carbocycles. The molecule has 5 nitrogen and oxygen atoms in total. The topological polar surface area (TPSA) is 53.9 Å². The Morgan fingerprint density at radius 2 is 1.96 bits per heavy atom. The molecule has 1 fully saturated rings. The van der Waals surface area contributed by atoms with E-state index in [0.29, 0.717) is 4.91 Å². The molecule has 0 aromatic heterocycles. The number of amidine groups is 1. The minimum atomic E-state index is -2.85. The summed E-state index contributed by atoms with van der Waals surface area (Å²) in [6, 6.07) is 6.14. The number of rotatable bonds is 3. The van der Waals surface area contributed by atoms with Crippen LogP contribution in [0.3, 0.4) is 0 Å². The standard InChI is InChI=1S/C15H15F2N3O2S/c16-14(17)22-11-3-1-10(2-4-11)9-12-13(21)19-15(23-12)20-7-5-18-6-8-20/h1-4,9,14,18H,5-8H2/b12-9-. The number of carbonyl (C=O) groups excluding carboxylic acids is 1. The molecular weight excluding hydrogens is 324 g/mol. The van der Waals surface area contributed by atoms with Crippen LogP contribution in [0, 0.1) is 0 Å². The van der Waals surface area contributed by atoms with Crippen molar-refractivity contribution in [2.24, 2.45) is 4.99 Å². The van der Waals surface area contributed by atoms with E-state index in [-0.39, 0.29) is 11.7 Å². The molecule has 1 aromatic carbocycles. The Balaban J connectivity index is 1.67. The normalized spacial score (nSPS) is 20.3. The fourth-order valence-corrected chi connectivity index (χ4v) is 3.25. The van der Waals surface area contributed by atoms with Gasteiger partial charge < -0.3 is 15.0 Å². The van der Waals surface area contributed by atoms with Crippen LogP contribution in [0.4, 0.5) is 8.78 Å². The molecule has 0 spiro atoms. The summed E-state index contributed by atoms with van der Waals surface area (Å²) in [5.41, 5.74) is 0.735. The van der Waals surface area contributed by atoms with E-state index in [1.54, 1.807) is 18.2 Å². The van der Waals surface area contributed by atoms with Crippen LogP contribution in [0.2, 0.25) is 0 Å². The zero-order chi connectivity index (χ0) is 16.2. The van der Waals surface area contributed by atoms with Gasteiger partial charge in [-0.2, -0.15) is 13.8 Å². The van der Waals surface area contributed by atoms with Crippen molar-refractivity contribution in [3.8, 4) is 5.75 Å². The molecule has 0 saturated carbocycles. The van der Waals surface area contributed by atoms with E-state index >= 15 is 0 Å². The quantitative estimate of drug-likeness (QED) is 0.856. The highest BCUT2D eigenvalue weighted by Crippen LogP contribution is 2.30. The molecule has 1 N–H and O–H groups in total. The first-order valence-corrected chi connectivity index (χ1v) is 7.96. The molecule has 1 saturated heterocycles. The van der Waals surface area contributed by atoms with Crippen LogP contribution in [0.5, 0.6) is 5.75 Å². The summed E-state index contributed by atoms with van der Waals surface area (Å²) in [6.07, 6.45) is 1.71. The first kappa shape index (κ1) is 15.9. The number of hydrogen-bond acceptors (Lipinski definition) is 5. The third-order valence-corrected chi connectivity index (χ3v) is 4.44. The van der Waals surface area contributed by atoms with Crippen LogP contribution in [-0.4, -0.2) is 48.8 Å². The van der Waals surface area contributed by atoms with E-state index in [1.165, 1.54) is 23.9 Å². The summed E-state index contributed by atoms with van der Waals surface area (Å²) in [4.78, 5) is 18.7. The molecule has 1 aromatic rings. The SMILES string of the molecule is O=C1N=C(N2CCNCC2)S/C1=C\c1ccc(OC(F)F)cc1. The highest BCUT2D eigenvalue weighted by Gasteiger charge is 2.26. The second-order valence-corrected chi connectivity index (χ2v) is 6.00. The van der Waals surface area contributed by atoms with E-state index in [0.717, 1.165) is 36.9 Å². The Hall–Kier alpha value is -1.93. The number of ether oxygens (including phenoxy) is 1. The lowest BCUT2D eigenvalue weighted by Gasteiger charge is -2.27. The largest absolute Gasteiger partial charge is 0.435 e. The Labute approximate surface area is 136 Å². The van der Waals surface area contributed by atoms with Gasteiger partial charge in [-0.25, -0.2) is 0 Å². The van der Waals surface area contributed by atoms with Gasteiger partial charge in [0, 0.05) is 26.2 Å². The average molecular weight is 339 g/mol. The lowest BCUT2D eigenvalue weighted by atomic mass is 10.2. The third-order valence-electron chi connectivity index (χ3n) is 3.40. The van der Waals surface area contributed by atoms with Crippen LogP contribution < -0.4 is 10.1 Å². The van der Waals surface area contributed by atoms with Crippen molar-refractivity contribution in [3.05, 3.63) is 34.7 Å². The van der Waals surface area contributed by atoms with Crippen molar-refractivity contribution in [1.82, 2.24) is 10.2 Å². The van der Waals surface area contributed by atoms with Gasteiger partial charge in [0.1, 0.15) is 5.75 Å². The van der Waals surface area contributed by atoms with Gasteiger partial charge >= 0.3 is 6.61 Å². The van der Waals surface area contributed by atoms with Gasteiger partial charge in [0.15, 0.2) is 5.17 Å². The van der Waals surface area contributed by atoms with Gasteiger partial charge in [0.25, 0.3) is 5.91 Å². The van der Waals surface area contributed by atoms with E-state index < -0.39 is 6.61 Å². The number of thioether (sulfide) groups is 1. The Morgan fingerprint density at radius 1 is 1.26 bits per heavy atom. The maximum atomic E-state index is 12.1. The molecule has 1 amide bonds. The molecule has 3 rings (SSSR count). The average Bonchev–Trinajstić information content (AvgIpc) is 2.91. The van der Waals surface area contributed by atoms with Crippen LogP contribution in [0.25, 0.3) is 6.08 Å². The molecule has 0 bridgehead atoms. The number of nitrogens with one attached hydrogen (secondary N) is 1. The molecule has 0 atom stereocenters. The van der Waals surface area contributed by atoms with Crippen LogP contribution in [0.1, 0.15) is 5.56 Å². The lowest BCUT2D eigenvalue weighted by molar-refractivity contribution is -0.113. The molecule has 0 radical (unpaired) electrons. The van der Waals surface area contributed by atoms with Crippen molar-refractivity contribution >= 4 is 28.9 Å². The van der Waals surface area contributed by atoms with Crippen molar-refractivity contribution in [2.75, 3.05) is 26.2 Å².